The minimum Gasteiger partial charge on any atom is -0.755 e. The number of likely N-dealkylation sites (tertiary alicyclic amines) is 1. The van der Waals surface area contributed by atoms with Gasteiger partial charge in [-0.1, -0.05) is 12.1 Å². The Morgan fingerprint density at radius 1 is 1.14 bits per heavy atom. The molecule has 1 atom stereocenters. The number of anilines is 2. The van der Waals surface area contributed by atoms with E-state index < -0.39 is 17.2 Å². The number of nitrogens with one attached hydrogen (secondary N) is 2. The van der Waals surface area contributed by atoms with E-state index in [2.05, 4.69) is 28.8 Å². The Morgan fingerprint density at radius 3 is 2.40 bits per heavy atom. The van der Waals surface area contributed by atoms with Gasteiger partial charge < -0.3 is 24.2 Å². The van der Waals surface area contributed by atoms with E-state index in [0.717, 1.165) is 25.9 Å². The molecule has 2 aromatic carbocycles. The smallest absolute Gasteiger partial charge is 0.258 e. The highest BCUT2D eigenvalue weighted by atomic mass is 32.2. The number of hydrogen-bond donors (Lipinski definition) is 2. The molecule has 0 radical (unpaired) electrons. The van der Waals surface area contributed by atoms with Crippen molar-refractivity contribution in [3.05, 3.63) is 54.1 Å². The van der Waals surface area contributed by atoms with E-state index >= 15 is 0 Å². The number of carbonyl (C=O) groups excluding carboxylic acids is 2. The summed E-state index contributed by atoms with van der Waals surface area (Å²) in [4.78, 5) is 30.1. The fourth-order valence-electron chi connectivity index (χ4n) is 4.17. The predicted octanol–water partition coefficient (Wildman–Crippen LogP) is 2.78. The first-order valence-electron chi connectivity index (χ1n) is 11.7. The van der Waals surface area contributed by atoms with Crippen molar-refractivity contribution in [2.45, 2.75) is 32.7 Å². The molecule has 1 aliphatic heterocycles. The summed E-state index contributed by atoms with van der Waals surface area (Å²) in [6.45, 7) is 6.67. The number of para-hydroxylation sites is 2. The number of ether oxygens (including phenoxy) is 1. The summed E-state index contributed by atoms with van der Waals surface area (Å²) in [5.74, 6) is 0.241. The standard InChI is InChI=1S/C25H34N4O5S/c1-18(2)28-14-12-19(13-15-28)16-26-24(30)17-29(23-7-5-4-6-22(23)27-35(32)33)25(31)20-8-10-21(34-3)11-9-20/h4-11,18-19,27H,12-17H2,1-3H3,(H,26,30)(H,32,33)/p-1. The predicted molar refractivity (Wildman–Crippen MR) is 136 cm³/mol. The molecule has 1 heterocycles. The van der Waals surface area contributed by atoms with Gasteiger partial charge in [-0.15, -0.1) is 0 Å². The van der Waals surface area contributed by atoms with Crippen LogP contribution >= 0.6 is 0 Å². The van der Waals surface area contributed by atoms with Gasteiger partial charge in [0.1, 0.15) is 12.3 Å². The molecule has 0 bridgehead atoms. The van der Waals surface area contributed by atoms with Crippen LogP contribution in [0.1, 0.15) is 37.0 Å². The average Bonchev–Trinajstić information content (AvgIpc) is 2.86. The summed E-state index contributed by atoms with van der Waals surface area (Å²) in [6.07, 6.45) is 2.02. The van der Waals surface area contributed by atoms with Crippen LogP contribution in [-0.4, -0.2) is 64.8 Å². The lowest BCUT2D eigenvalue weighted by Gasteiger charge is -2.34. The van der Waals surface area contributed by atoms with Crippen LogP contribution in [0, 0.1) is 5.92 Å². The van der Waals surface area contributed by atoms with E-state index in [9.17, 15) is 18.4 Å². The van der Waals surface area contributed by atoms with Gasteiger partial charge in [-0.05, 0) is 82.1 Å². The molecule has 0 aliphatic carbocycles. The molecule has 10 heteroatoms. The van der Waals surface area contributed by atoms with Gasteiger partial charge in [-0.25, -0.2) is 0 Å². The fraction of sp³-hybridized carbons (Fsp3) is 0.440. The lowest BCUT2D eigenvalue weighted by Crippen LogP contribution is -2.44. The minimum absolute atomic E-state index is 0.205. The molecule has 0 saturated carbocycles. The number of nitrogens with zero attached hydrogens (tertiary/aromatic N) is 2. The van der Waals surface area contributed by atoms with Crippen LogP contribution in [-0.2, 0) is 16.1 Å². The molecule has 1 unspecified atom stereocenters. The van der Waals surface area contributed by atoms with Crippen molar-refractivity contribution in [1.29, 1.82) is 0 Å². The summed E-state index contributed by atoms with van der Waals surface area (Å²) in [5, 5.41) is 2.97. The van der Waals surface area contributed by atoms with Gasteiger partial charge in [-0.2, -0.15) is 0 Å². The average molecular weight is 502 g/mol. The maximum atomic E-state index is 13.4. The SMILES string of the molecule is COc1ccc(C(=O)N(CC(=O)NCC2CCN(C(C)C)CC2)c2ccccc2NS(=O)[O-])cc1. The first-order valence-corrected chi connectivity index (χ1v) is 12.8. The van der Waals surface area contributed by atoms with Crippen molar-refractivity contribution in [2.24, 2.45) is 5.92 Å². The van der Waals surface area contributed by atoms with E-state index in [1.165, 1.54) is 12.0 Å². The van der Waals surface area contributed by atoms with Gasteiger partial charge in [-0.3, -0.25) is 18.7 Å². The number of hydrogen-bond acceptors (Lipinski definition) is 6. The van der Waals surface area contributed by atoms with Crippen molar-refractivity contribution < 1.29 is 23.1 Å². The Bertz CT molecular complexity index is 1020. The van der Waals surface area contributed by atoms with Crippen molar-refractivity contribution in [3.8, 4) is 5.75 Å². The topological polar surface area (TPSA) is 114 Å². The maximum Gasteiger partial charge on any atom is 0.258 e. The molecule has 9 nitrogen and oxygen atoms in total. The van der Waals surface area contributed by atoms with Gasteiger partial charge in [0.15, 0.2) is 0 Å². The molecular weight excluding hydrogens is 468 g/mol. The minimum atomic E-state index is -2.59. The highest BCUT2D eigenvalue weighted by molar-refractivity contribution is 7.80. The van der Waals surface area contributed by atoms with E-state index in [-0.39, 0.29) is 23.8 Å². The first-order chi connectivity index (χ1) is 16.8. The number of carbonyl (C=O) groups is 2. The molecule has 1 aliphatic rings. The molecule has 190 valence electrons. The largest absolute Gasteiger partial charge is 0.755 e. The third-order valence-electron chi connectivity index (χ3n) is 6.24. The summed E-state index contributed by atoms with van der Waals surface area (Å²) in [7, 11) is 1.53. The lowest BCUT2D eigenvalue weighted by atomic mass is 9.96. The molecule has 1 fully saturated rings. The molecule has 0 spiro atoms. The van der Waals surface area contributed by atoms with Crippen molar-refractivity contribution in [3.63, 3.8) is 0 Å². The Labute approximate surface area is 209 Å². The summed E-state index contributed by atoms with van der Waals surface area (Å²) in [5.41, 5.74) is 0.840. The molecular formula is C25H33N4O5S-. The molecule has 2 amide bonds. The second-order valence-corrected chi connectivity index (χ2v) is 9.52. The molecule has 35 heavy (non-hydrogen) atoms. The fourth-order valence-corrected chi connectivity index (χ4v) is 4.52. The van der Waals surface area contributed by atoms with Crippen LogP contribution in [0.4, 0.5) is 11.4 Å². The third kappa shape index (κ3) is 7.51. The van der Waals surface area contributed by atoms with Gasteiger partial charge in [0.25, 0.3) is 5.91 Å². The van der Waals surface area contributed by atoms with E-state index in [1.807, 2.05) is 0 Å². The second-order valence-electron chi connectivity index (χ2n) is 8.85. The lowest BCUT2D eigenvalue weighted by molar-refractivity contribution is -0.120. The number of amides is 2. The number of piperidine rings is 1. The normalized spacial score (nSPS) is 15.5. The zero-order chi connectivity index (χ0) is 25.4. The Kier molecular flexibility index (Phi) is 9.64. The van der Waals surface area contributed by atoms with Gasteiger partial charge in [0.05, 0.1) is 18.5 Å². The van der Waals surface area contributed by atoms with Crippen LogP contribution in [0.2, 0.25) is 0 Å². The van der Waals surface area contributed by atoms with Crippen molar-refractivity contribution in [2.75, 3.05) is 42.9 Å². The Hall–Kier alpha value is -2.95. The molecule has 2 aromatic rings. The van der Waals surface area contributed by atoms with Crippen LogP contribution in [0.15, 0.2) is 48.5 Å². The first kappa shape index (κ1) is 26.7. The molecule has 1 saturated heterocycles. The third-order valence-corrected chi connectivity index (χ3v) is 6.63. The zero-order valence-electron chi connectivity index (χ0n) is 20.4. The van der Waals surface area contributed by atoms with Crippen molar-refractivity contribution in [1.82, 2.24) is 10.2 Å². The van der Waals surface area contributed by atoms with Crippen LogP contribution in [0.3, 0.4) is 0 Å². The highest BCUT2D eigenvalue weighted by Gasteiger charge is 2.25. The maximum absolute atomic E-state index is 13.4. The number of rotatable bonds is 10. The second kappa shape index (κ2) is 12.7. The summed E-state index contributed by atoms with van der Waals surface area (Å²) in [6, 6.07) is 13.5. The van der Waals surface area contributed by atoms with E-state index in [1.54, 1.807) is 48.5 Å². The zero-order valence-corrected chi connectivity index (χ0v) is 21.2. The molecule has 2 N–H and O–H groups in total. The quantitative estimate of drug-likeness (QED) is 0.484. The Morgan fingerprint density at radius 2 is 1.80 bits per heavy atom. The van der Waals surface area contributed by atoms with Crippen LogP contribution in [0.5, 0.6) is 5.75 Å². The monoisotopic (exact) mass is 501 g/mol. The highest BCUT2D eigenvalue weighted by Crippen LogP contribution is 2.28. The Balaban J connectivity index is 1.75. The summed E-state index contributed by atoms with van der Waals surface area (Å²) < 4.78 is 30.1. The van der Waals surface area contributed by atoms with Crippen LogP contribution in [0.25, 0.3) is 0 Å². The van der Waals surface area contributed by atoms with E-state index in [4.69, 9.17) is 4.74 Å². The number of benzene rings is 2. The van der Waals surface area contributed by atoms with E-state index in [0.29, 0.717) is 29.8 Å². The number of methoxy groups -OCH3 is 1. The summed E-state index contributed by atoms with van der Waals surface area (Å²) >= 11 is -2.59. The van der Waals surface area contributed by atoms with Gasteiger partial charge in [0.2, 0.25) is 5.91 Å². The van der Waals surface area contributed by atoms with Crippen molar-refractivity contribution >= 4 is 34.5 Å². The van der Waals surface area contributed by atoms with Gasteiger partial charge >= 0.3 is 0 Å². The molecule has 3 rings (SSSR count). The van der Waals surface area contributed by atoms with Crippen LogP contribution < -0.4 is 19.7 Å². The molecule has 0 aromatic heterocycles. The van der Waals surface area contributed by atoms with Gasteiger partial charge in [0, 0.05) is 29.4 Å².